The first-order valence-electron chi connectivity index (χ1n) is 10.7. The molecule has 0 atom stereocenters. The first-order chi connectivity index (χ1) is 16.3. The van der Waals surface area contributed by atoms with Crippen molar-refractivity contribution in [3.63, 3.8) is 0 Å². The molecule has 1 amide bonds. The molecule has 8 heteroatoms. The van der Waals surface area contributed by atoms with Gasteiger partial charge in [-0.2, -0.15) is 5.26 Å². The van der Waals surface area contributed by atoms with Gasteiger partial charge in [0.15, 0.2) is 12.4 Å². The number of amides is 1. The molecule has 2 aromatic carbocycles. The zero-order valence-corrected chi connectivity index (χ0v) is 20.1. The summed E-state index contributed by atoms with van der Waals surface area (Å²) in [5, 5.41) is 12.3. The zero-order chi connectivity index (χ0) is 24.7. The number of ketones is 1. The van der Waals surface area contributed by atoms with Gasteiger partial charge in [0.1, 0.15) is 11.9 Å². The van der Waals surface area contributed by atoms with Gasteiger partial charge >= 0.3 is 5.97 Å². The number of carbonyl (C=O) groups is 3. The molecule has 0 saturated carbocycles. The fraction of sp³-hybridized carbons (Fsp3) is 0.231. The summed E-state index contributed by atoms with van der Waals surface area (Å²) >= 11 is 1.58. The fourth-order valence-corrected chi connectivity index (χ4v) is 3.89. The molecule has 1 heterocycles. The number of hydrogen-bond acceptors (Lipinski definition) is 6. The van der Waals surface area contributed by atoms with Crippen molar-refractivity contribution in [3.8, 4) is 11.8 Å². The smallest absolute Gasteiger partial charge is 0.306 e. The Labute approximate surface area is 202 Å². The Morgan fingerprint density at radius 2 is 1.71 bits per heavy atom. The van der Waals surface area contributed by atoms with Crippen molar-refractivity contribution < 1.29 is 19.1 Å². The van der Waals surface area contributed by atoms with E-state index in [4.69, 9.17) is 4.74 Å². The summed E-state index contributed by atoms with van der Waals surface area (Å²) in [4.78, 5) is 37.9. The molecule has 0 fully saturated rings. The standard InChI is InChI=1S/C26H25N3O4S/c1-17-18(2)29(20-7-5-4-6-8-20)26(22(17)15-27)28-24(31)16-33-25(32)14-13-23(30)19-9-11-21(34-3)12-10-19/h4-12H,13-14,16H2,1-3H3,(H,28,31). The quantitative estimate of drug-likeness (QED) is 0.270. The van der Waals surface area contributed by atoms with E-state index in [1.54, 1.807) is 28.5 Å². The van der Waals surface area contributed by atoms with Crippen molar-refractivity contribution in [3.05, 3.63) is 77.0 Å². The van der Waals surface area contributed by atoms with Crippen LogP contribution in [0.15, 0.2) is 59.5 Å². The molecule has 0 spiro atoms. The maximum atomic E-state index is 12.5. The Kier molecular flexibility index (Phi) is 8.28. The molecule has 3 aromatic rings. The van der Waals surface area contributed by atoms with Crippen molar-refractivity contribution in [2.24, 2.45) is 0 Å². The van der Waals surface area contributed by atoms with Gasteiger partial charge in [-0.1, -0.05) is 30.3 Å². The molecule has 0 saturated heterocycles. The minimum Gasteiger partial charge on any atom is -0.456 e. The van der Waals surface area contributed by atoms with Crippen LogP contribution in [0.25, 0.3) is 5.69 Å². The van der Waals surface area contributed by atoms with E-state index in [2.05, 4.69) is 11.4 Å². The number of anilines is 1. The van der Waals surface area contributed by atoms with Gasteiger partial charge in [0.05, 0.1) is 12.0 Å². The third-order valence-corrected chi connectivity index (χ3v) is 6.17. The largest absolute Gasteiger partial charge is 0.456 e. The number of para-hydroxylation sites is 1. The van der Waals surface area contributed by atoms with Crippen LogP contribution in [0, 0.1) is 25.2 Å². The van der Waals surface area contributed by atoms with E-state index in [1.807, 2.05) is 62.6 Å². The zero-order valence-electron chi connectivity index (χ0n) is 19.3. The van der Waals surface area contributed by atoms with Gasteiger partial charge in [-0.05, 0) is 49.9 Å². The van der Waals surface area contributed by atoms with Gasteiger partial charge in [-0.3, -0.25) is 19.0 Å². The third-order valence-electron chi connectivity index (χ3n) is 5.43. The molecule has 7 nitrogen and oxygen atoms in total. The van der Waals surface area contributed by atoms with Gasteiger partial charge in [0.2, 0.25) is 0 Å². The van der Waals surface area contributed by atoms with Crippen molar-refractivity contribution in [2.75, 3.05) is 18.2 Å². The summed E-state index contributed by atoms with van der Waals surface area (Å²) in [5.74, 6) is -1.05. The normalized spacial score (nSPS) is 10.4. The minimum atomic E-state index is -0.643. The van der Waals surface area contributed by atoms with Crippen molar-refractivity contribution >= 4 is 35.2 Å². The summed E-state index contributed by atoms with van der Waals surface area (Å²) in [6.45, 7) is 3.16. The molecular formula is C26H25N3O4S. The number of ether oxygens (including phenoxy) is 1. The lowest BCUT2D eigenvalue weighted by molar-refractivity contribution is -0.147. The van der Waals surface area contributed by atoms with Gasteiger partial charge < -0.3 is 10.1 Å². The van der Waals surface area contributed by atoms with Gasteiger partial charge in [0.25, 0.3) is 5.91 Å². The lowest BCUT2D eigenvalue weighted by Crippen LogP contribution is -2.23. The Bertz CT molecular complexity index is 1240. The van der Waals surface area contributed by atoms with E-state index in [0.717, 1.165) is 21.8 Å². The van der Waals surface area contributed by atoms with E-state index in [0.29, 0.717) is 16.9 Å². The van der Waals surface area contributed by atoms with Crippen molar-refractivity contribution in [2.45, 2.75) is 31.6 Å². The van der Waals surface area contributed by atoms with E-state index >= 15 is 0 Å². The number of benzene rings is 2. The molecule has 0 bridgehead atoms. The highest BCUT2D eigenvalue weighted by atomic mass is 32.2. The molecule has 0 aliphatic heterocycles. The van der Waals surface area contributed by atoms with Crippen LogP contribution in [0.1, 0.15) is 40.0 Å². The van der Waals surface area contributed by atoms with Crippen LogP contribution >= 0.6 is 11.8 Å². The lowest BCUT2D eigenvalue weighted by atomic mass is 10.1. The molecular weight excluding hydrogens is 450 g/mol. The first kappa shape index (κ1) is 24.8. The highest BCUT2D eigenvalue weighted by Gasteiger charge is 2.21. The van der Waals surface area contributed by atoms with Crippen LogP contribution < -0.4 is 5.32 Å². The second kappa shape index (κ2) is 11.3. The topological polar surface area (TPSA) is 101 Å². The van der Waals surface area contributed by atoms with Crippen molar-refractivity contribution in [1.82, 2.24) is 4.57 Å². The number of nitriles is 1. The molecule has 0 aliphatic carbocycles. The molecule has 174 valence electrons. The van der Waals surface area contributed by atoms with Crippen LogP contribution in [0.5, 0.6) is 0 Å². The molecule has 0 aliphatic rings. The van der Waals surface area contributed by atoms with Crippen LogP contribution in [0.4, 0.5) is 5.82 Å². The number of Topliss-reactive ketones (excluding diaryl/α,β-unsaturated/α-hetero) is 1. The Hall–Kier alpha value is -3.83. The number of thioether (sulfide) groups is 1. The number of esters is 1. The third kappa shape index (κ3) is 5.74. The van der Waals surface area contributed by atoms with E-state index in [-0.39, 0.29) is 18.6 Å². The summed E-state index contributed by atoms with van der Waals surface area (Å²) in [6, 6.07) is 18.6. The van der Waals surface area contributed by atoms with Gasteiger partial charge in [-0.25, -0.2) is 0 Å². The maximum absolute atomic E-state index is 12.5. The van der Waals surface area contributed by atoms with E-state index in [9.17, 15) is 19.6 Å². The number of nitrogens with zero attached hydrogens (tertiary/aromatic N) is 2. The number of nitrogens with one attached hydrogen (secondary N) is 1. The maximum Gasteiger partial charge on any atom is 0.306 e. The van der Waals surface area contributed by atoms with Crippen LogP contribution in [0.2, 0.25) is 0 Å². The van der Waals surface area contributed by atoms with Gasteiger partial charge in [-0.15, -0.1) is 11.8 Å². The molecule has 1 N–H and O–H groups in total. The Morgan fingerprint density at radius 3 is 2.32 bits per heavy atom. The minimum absolute atomic E-state index is 0.00705. The lowest BCUT2D eigenvalue weighted by Gasteiger charge is -2.13. The highest BCUT2D eigenvalue weighted by Crippen LogP contribution is 2.29. The molecule has 34 heavy (non-hydrogen) atoms. The summed E-state index contributed by atoms with van der Waals surface area (Å²) in [7, 11) is 0. The van der Waals surface area contributed by atoms with E-state index < -0.39 is 18.5 Å². The SMILES string of the molecule is CSc1ccc(C(=O)CCC(=O)OCC(=O)Nc2c(C#N)c(C)c(C)n2-c2ccccc2)cc1. The van der Waals surface area contributed by atoms with Crippen LogP contribution in [-0.4, -0.2) is 35.1 Å². The summed E-state index contributed by atoms with van der Waals surface area (Å²) in [5.41, 5.74) is 3.24. The number of carbonyl (C=O) groups excluding carboxylic acids is 3. The second-order valence-corrected chi connectivity index (χ2v) is 8.46. The summed E-state index contributed by atoms with van der Waals surface area (Å²) < 4.78 is 6.84. The Morgan fingerprint density at radius 1 is 1.03 bits per heavy atom. The number of aromatic nitrogens is 1. The van der Waals surface area contributed by atoms with Crippen LogP contribution in [-0.2, 0) is 14.3 Å². The first-order valence-corrected chi connectivity index (χ1v) is 11.9. The number of hydrogen-bond donors (Lipinski definition) is 1. The Balaban J connectivity index is 1.60. The number of rotatable bonds is 9. The van der Waals surface area contributed by atoms with E-state index in [1.165, 1.54) is 0 Å². The summed E-state index contributed by atoms with van der Waals surface area (Å²) in [6.07, 6.45) is 1.82. The van der Waals surface area contributed by atoms with Gasteiger partial charge in [0, 0.05) is 28.3 Å². The second-order valence-electron chi connectivity index (χ2n) is 7.58. The van der Waals surface area contributed by atoms with Crippen LogP contribution in [0.3, 0.4) is 0 Å². The molecule has 0 unspecified atom stereocenters. The molecule has 3 rings (SSSR count). The molecule has 0 radical (unpaired) electrons. The molecule has 1 aromatic heterocycles. The van der Waals surface area contributed by atoms with Crippen molar-refractivity contribution in [1.29, 1.82) is 5.26 Å². The predicted octanol–water partition coefficient (Wildman–Crippen LogP) is 4.83. The fourth-order valence-electron chi connectivity index (χ4n) is 3.48. The predicted molar refractivity (Wildman–Crippen MR) is 131 cm³/mol. The average molecular weight is 476 g/mol. The average Bonchev–Trinajstić information content (AvgIpc) is 3.10. The monoisotopic (exact) mass is 475 g/mol. The highest BCUT2D eigenvalue weighted by molar-refractivity contribution is 7.98.